The minimum absolute atomic E-state index is 0.982. The predicted octanol–water partition coefficient (Wildman–Crippen LogP) is 3.56. The van der Waals surface area contributed by atoms with E-state index in [-0.39, 0.29) is 0 Å². The third kappa shape index (κ3) is 1.62. The van der Waals surface area contributed by atoms with E-state index in [1.165, 1.54) is 11.3 Å². The molecule has 0 bridgehead atoms. The first-order chi connectivity index (χ1) is 8.40. The maximum atomic E-state index is 4.72. The number of aromatic nitrogens is 2. The van der Waals surface area contributed by atoms with Gasteiger partial charge >= 0.3 is 0 Å². The standard InChI is InChI=1S/C15H14N2/c1-2-13-15(12-8-4-3-5-9-12)16-14-10-6-7-11-17(13)14/h3-11H,2H2,1H3. The number of hydrogen-bond donors (Lipinski definition) is 0. The normalized spacial score (nSPS) is 10.9. The van der Waals surface area contributed by atoms with Gasteiger partial charge in [0.25, 0.3) is 0 Å². The van der Waals surface area contributed by atoms with Gasteiger partial charge in [-0.15, -0.1) is 0 Å². The summed E-state index contributed by atoms with van der Waals surface area (Å²) in [6, 6.07) is 16.5. The minimum atomic E-state index is 0.982. The molecule has 17 heavy (non-hydrogen) atoms. The van der Waals surface area contributed by atoms with Crippen molar-refractivity contribution < 1.29 is 0 Å². The van der Waals surface area contributed by atoms with Crippen molar-refractivity contribution in [1.29, 1.82) is 0 Å². The van der Waals surface area contributed by atoms with Gasteiger partial charge in [-0.3, -0.25) is 0 Å². The molecule has 2 heterocycles. The fourth-order valence-electron chi connectivity index (χ4n) is 2.21. The van der Waals surface area contributed by atoms with Crippen LogP contribution in [0.25, 0.3) is 16.9 Å². The van der Waals surface area contributed by atoms with Crippen LogP contribution < -0.4 is 0 Å². The zero-order valence-electron chi connectivity index (χ0n) is 9.80. The molecule has 0 spiro atoms. The number of aryl methyl sites for hydroxylation is 1. The first-order valence-electron chi connectivity index (χ1n) is 5.91. The van der Waals surface area contributed by atoms with E-state index in [2.05, 4.69) is 41.8 Å². The molecule has 0 aliphatic heterocycles. The maximum Gasteiger partial charge on any atom is 0.137 e. The highest BCUT2D eigenvalue weighted by Gasteiger charge is 2.11. The second-order valence-corrected chi connectivity index (χ2v) is 4.06. The lowest BCUT2D eigenvalue weighted by Crippen LogP contribution is -1.91. The van der Waals surface area contributed by atoms with Crippen LogP contribution in [0.4, 0.5) is 0 Å². The third-order valence-electron chi connectivity index (χ3n) is 3.01. The summed E-state index contributed by atoms with van der Waals surface area (Å²) >= 11 is 0. The van der Waals surface area contributed by atoms with E-state index in [0.29, 0.717) is 0 Å². The average Bonchev–Trinajstić information content (AvgIpc) is 2.78. The van der Waals surface area contributed by atoms with Crippen LogP contribution in [0.1, 0.15) is 12.6 Å². The van der Waals surface area contributed by atoms with Gasteiger partial charge in [0.2, 0.25) is 0 Å². The Hall–Kier alpha value is -2.09. The third-order valence-corrected chi connectivity index (χ3v) is 3.01. The van der Waals surface area contributed by atoms with Gasteiger partial charge in [0.05, 0.1) is 11.4 Å². The number of hydrogen-bond acceptors (Lipinski definition) is 1. The SMILES string of the molecule is CCc1c(-c2ccccc2)nc2ccccn12. The van der Waals surface area contributed by atoms with E-state index >= 15 is 0 Å². The smallest absolute Gasteiger partial charge is 0.137 e. The summed E-state index contributed by atoms with van der Waals surface area (Å²) in [5, 5.41) is 0. The molecule has 0 amide bonds. The molecule has 2 aromatic heterocycles. The van der Waals surface area contributed by atoms with Gasteiger partial charge in [-0.25, -0.2) is 4.98 Å². The highest BCUT2D eigenvalue weighted by atomic mass is 15.0. The molecule has 2 heteroatoms. The summed E-state index contributed by atoms with van der Waals surface area (Å²) in [6.07, 6.45) is 3.06. The quantitative estimate of drug-likeness (QED) is 0.648. The highest BCUT2D eigenvalue weighted by Crippen LogP contribution is 2.24. The van der Waals surface area contributed by atoms with Crippen LogP contribution in [0.2, 0.25) is 0 Å². The van der Waals surface area contributed by atoms with E-state index in [9.17, 15) is 0 Å². The van der Waals surface area contributed by atoms with Crippen LogP contribution in [0.15, 0.2) is 54.7 Å². The van der Waals surface area contributed by atoms with Gasteiger partial charge in [0.15, 0.2) is 0 Å². The van der Waals surface area contributed by atoms with E-state index in [0.717, 1.165) is 17.8 Å². The van der Waals surface area contributed by atoms with Gasteiger partial charge in [-0.1, -0.05) is 43.3 Å². The number of fused-ring (bicyclic) bond motifs is 1. The fraction of sp³-hybridized carbons (Fsp3) is 0.133. The molecule has 0 saturated heterocycles. The van der Waals surface area contributed by atoms with Crippen LogP contribution in [0.5, 0.6) is 0 Å². The Labute approximate surface area is 101 Å². The van der Waals surface area contributed by atoms with Gasteiger partial charge in [-0.05, 0) is 18.6 Å². The van der Waals surface area contributed by atoms with E-state index in [1.807, 2.05) is 24.3 Å². The molecule has 0 radical (unpaired) electrons. The second kappa shape index (κ2) is 4.06. The second-order valence-electron chi connectivity index (χ2n) is 4.06. The number of rotatable bonds is 2. The number of benzene rings is 1. The Morgan fingerprint density at radius 1 is 1.00 bits per heavy atom. The lowest BCUT2D eigenvalue weighted by atomic mass is 10.1. The molecular formula is C15H14N2. The van der Waals surface area contributed by atoms with Gasteiger partial charge in [-0.2, -0.15) is 0 Å². The molecule has 0 aliphatic carbocycles. The van der Waals surface area contributed by atoms with Crippen LogP contribution >= 0.6 is 0 Å². The minimum Gasteiger partial charge on any atom is -0.303 e. The maximum absolute atomic E-state index is 4.72. The summed E-state index contributed by atoms with van der Waals surface area (Å²) in [5.41, 5.74) is 4.57. The number of pyridine rings is 1. The molecule has 0 N–H and O–H groups in total. The average molecular weight is 222 g/mol. The molecular weight excluding hydrogens is 208 g/mol. The Kier molecular flexibility index (Phi) is 2.41. The Bertz CT molecular complexity index is 638. The highest BCUT2D eigenvalue weighted by molar-refractivity contribution is 5.66. The summed E-state index contributed by atoms with van der Waals surface area (Å²) in [7, 11) is 0. The van der Waals surface area contributed by atoms with Crippen LogP contribution in [0, 0.1) is 0 Å². The van der Waals surface area contributed by atoms with Crippen molar-refractivity contribution in [1.82, 2.24) is 9.38 Å². The molecule has 0 aliphatic rings. The van der Waals surface area contributed by atoms with Crippen molar-refractivity contribution in [2.75, 3.05) is 0 Å². The molecule has 0 saturated carbocycles. The fourth-order valence-corrected chi connectivity index (χ4v) is 2.21. The summed E-state index contributed by atoms with van der Waals surface area (Å²) in [4.78, 5) is 4.72. The molecule has 2 nitrogen and oxygen atoms in total. The molecule has 3 aromatic rings. The van der Waals surface area contributed by atoms with Crippen molar-refractivity contribution in [3.8, 4) is 11.3 Å². The van der Waals surface area contributed by atoms with Crippen molar-refractivity contribution in [3.05, 3.63) is 60.4 Å². The summed E-state index contributed by atoms with van der Waals surface area (Å²) in [6.45, 7) is 2.17. The molecule has 84 valence electrons. The van der Waals surface area contributed by atoms with Crippen LogP contribution in [-0.4, -0.2) is 9.38 Å². The van der Waals surface area contributed by atoms with Crippen molar-refractivity contribution >= 4 is 5.65 Å². The van der Waals surface area contributed by atoms with Crippen molar-refractivity contribution in [3.63, 3.8) is 0 Å². The molecule has 3 rings (SSSR count). The first-order valence-corrected chi connectivity index (χ1v) is 5.91. The largest absolute Gasteiger partial charge is 0.303 e. The molecule has 1 aromatic carbocycles. The van der Waals surface area contributed by atoms with Crippen LogP contribution in [0.3, 0.4) is 0 Å². The van der Waals surface area contributed by atoms with E-state index < -0.39 is 0 Å². The van der Waals surface area contributed by atoms with Crippen molar-refractivity contribution in [2.24, 2.45) is 0 Å². The zero-order chi connectivity index (χ0) is 11.7. The Morgan fingerprint density at radius 2 is 1.76 bits per heavy atom. The van der Waals surface area contributed by atoms with Gasteiger partial charge in [0.1, 0.15) is 5.65 Å². The zero-order valence-corrected chi connectivity index (χ0v) is 9.80. The van der Waals surface area contributed by atoms with E-state index in [1.54, 1.807) is 0 Å². The predicted molar refractivity (Wildman–Crippen MR) is 70.0 cm³/mol. The molecule has 0 unspecified atom stereocenters. The Morgan fingerprint density at radius 3 is 2.53 bits per heavy atom. The number of nitrogens with zero attached hydrogens (tertiary/aromatic N) is 2. The summed E-state index contributed by atoms with van der Waals surface area (Å²) < 4.78 is 2.17. The Balaban J connectivity index is 2.30. The van der Waals surface area contributed by atoms with Crippen molar-refractivity contribution in [2.45, 2.75) is 13.3 Å². The molecule has 0 atom stereocenters. The van der Waals surface area contributed by atoms with Crippen LogP contribution in [-0.2, 0) is 6.42 Å². The van der Waals surface area contributed by atoms with E-state index in [4.69, 9.17) is 4.98 Å². The topological polar surface area (TPSA) is 17.3 Å². The number of imidazole rings is 1. The lowest BCUT2D eigenvalue weighted by Gasteiger charge is -2.01. The monoisotopic (exact) mass is 222 g/mol. The summed E-state index contributed by atoms with van der Waals surface area (Å²) in [5.74, 6) is 0. The van der Waals surface area contributed by atoms with Gasteiger partial charge < -0.3 is 4.40 Å². The molecule has 0 fully saturated rings. The lowest BCUT2D eigenvalue weighted by molar-refractivity contribution is 0.998. The first kappa shape index (κ1) is 10.1. The van der Waals surface area contributed by atoms with Gasteiger partial charge in [0, 0.05) is 11.8 Å².